The van der Waals surface area contributed by atoms with E-state index in [1.165, 1.54) is 7.11 Å². The average Bonchev–Trinajstić information content (AvgIpc) is 3.42. The van der Waals surface area contributed by atoms with Crippen molar-refractivity contribution in [2.75, 3.05) is 20.3 Å². The summed E-state index contributed by atoms with van der Waals surface area (Å²) in [6.07, 6.45) is 3.60. The lowest BCUT2D eigenvalue weighted by atomic mass is 10.0. The van der Waals surface area contributed by atoms with Crippen LogP contribution < -0.4 is 0 Å². The fraction of sp³-hybridized carbons (Fsp3) is 0.360. The molecule has 1 saturated heterocycles. The van der Waals surface area contributed by atoms with Crippen LogP contribution in [0.15, 0.2) is 41.1 Å². The number of carbonyl (C=O) groups is 2. The number of esters is 1. The molecular formula is C25H26Cl2N2O4. The van der Waals surface area contributed by atoms with Crippen molar-refractivity contribution in [3.63, 3.8) is 0 Å². The number of methoxy groups -OCH3 is 1. The molecule has 1 aromatic carbocycles. The summed E-state index contributed by atoms with van der Waals surface area (Å²) in [6.45, 7) is 6.81. The molecule has 0 aliphatic carbocycles. The number of aryl methyl sites for hydroxylation is 1. The van der Waals surface area contributed by atoms with Crippen molar-refractivity contribution < 1.29 is 19.1 Å². The number of carbonyl (C=O) groups excluding carboxylic acids is 2. The van der Waals surface area contributed by atoms with E-state index in [0.29, 0.717) is 34.5 Å². The maximum Gasteiger partial charge on any atom is 0.340 e. The molecule has 33 heavy (non-hydrogen) atoms. The van der Waals surface area contributed by atoms with Gasteiger partial charge >= 0.3 is 5.97 Å². The number of amides is 1. The van der Waals surface area contributed by atoms with Crippen molar-refractivity contribution in [2.24, 2.45) is 0 Å². The van der Waals surface area contributed by atoms with E-state index in [-0.39, 0.29) is 17.6 Å². The molecule has 1 atom stereocenters. The lowest BCUT2D eigenvalue weighted by Gasteiger charge is -2.21. The Morgan fingerprint density at radius 1 is 1.18 bits per heavy atom. The first-order valence-corrected chi connectivity index (χ1v) is 11.6. The molecule has 0 N–H and O–H groups in total. The summed E-state index contributed by atoms with van der Waals surface area (Å²) in [6, 6.07) is 7.31. The molecule has 0 radical (unpaired) electrons. The second kappa shape index (κ2) is 9.37. The summed E-state index contributed by atoms with van der Waals surface area (Å²) in [4.78, 5) is 27.7. The molecule has 3 heterocycles. The van der Waals surface area contributed by atoms with Crippen LogP contribution in [0.4, 0.5) is 0 Å². The molecule has 0 spiro atoms. The number of nitrogens with zero attached hydrogens (tertiary/aromatic N) is 2. The van der Waals surface area contributed by atoms with Gasteiger partial charge < -0.3 is 18.9 Å². The van der Waals surface area contributed by atoms with Crippen molar-refractivity contribution in [1.82, 2.24) is 9.47 Å². The van der Waals surface area contributed by atoms with E-state index in [0.717, 1.165) is 35.5 Å². The van der Waals surface area contributed by atoms with Crippen molar-refractivity contribution in [3.8, 4) is 5.69 Å². The van der Waals surface area contributed by atoms with Crippen LogP contribution in [0.5, 0.6) is 0 Å². The van der Waals surface area contributed by atoms with E-state index in [9.17, 15) is 9.59 Å². The Morgan fingerprint density at radius 3 is 2.48 bits per heavy atom. The van der Waals surface area contributed by atoms with E-state index >= 15 is 0 Å². The summed E-state index contributed by atoms with van der Waals surface area (Å²) >= 11 is 12.4. The van der Waals surface area contributed by atoms with Gasteiger partial charge in [0.05, 0.1) is 30.9 Å². The third-order valence-corrected chi connectivity index (χ3v) is 6.62. The molecule has 6 nitrogen and oxygen atoms in total. The highest BCUT2D eigenvalue weighted by atomic mass is 35.5. The second-order valence-electron chi connectivity index (χ2n) is 8.35. The van der Waals surface area contributed by atoms with E-state index in [2.05, 4.69) is 0 Å². The van der Waals surface area contributed by atoms with Gasteiger partial charge in [0.2, 0.25) is 0 Å². The number of halogens is 2. The molecule has 2 aliphatic rings. The number of ether oxygens (including phenoxy) is 2. The van der Waals surface area contributed by atoms with Crippen LogP contribution in [0.3, 0.4) is 0 Å². The standard InChI is InChI=1S/C25H26Cl2N2O4/c1-14-8-17(15(2)29(14)20-11-18(26)10-19(27)12-20)9-22-23(25(31)32-4)16(3)28(24(22)30)13-21-6-5-7-33-21/h8-12,21H,5-7,13H2,1-4H3/b22-9+/t21-/m1/s1. The maximum atomic E-state index is 13.4. The van der Waals surface area contributed by atoms with Gasteiger partial charge in [-0.05, 0) is 69.5 Å². The SMILES string of the molecule is COC(=O)C1=C(C)N(C[C@H]2CCCO2)C(=O)/C1=C/c1cc(C)n(-c2cc(Cl)cc(Cl)c2)c1C. The smallest absolute Gasteiger partial charge is 0.340 e. The highest BCUT2D eigenvalue weighted by molar-refractivity contribution is 6.34. The van der Waals surface area contributed by atoms with Gasteiger partial charge in [-0.3, -0.25) is 4.79 Å². The third kappa shape index (κ3) is 4.47. The zero-order valence-electron chi connectivity index (χ0n) is 19.1. The lowest BCUT2D eigenvalue weighted by Crippen LogP contribution is -2.33. The van der Waals surface area contributed by atoms with Gasteiger partial charge in [0.15, 0.2) is 0 Å². The summed E-state index contributed by atoms with van der Waals surface area (Å²) in [5, 5.41) is 1.07. The van der Waals surface area contributed by atoms with E-state index < -0.39 is 5.97 Å². The fourth-order valence-electron chi connectivity index (χ4n) is 4.59. The Kier molecular flexibility index (Phi) is 6.71. The zero-order chi connectivity index (χ0) is 23.9. The normalized spacial score (nSPS) is 19.8. The Hall–Kier alpha value is -2.54. The van der Waals surface area contributed by atoms with Crippen molar-refractivity contribution in [2.45, 2.75) is 39.7 Å². The average molecular weight is 489 g/mol. The molecule has 1 aromatic heterocycles. The van der Waals surface area contributed by atoms with E-state index in [1.807, 2.05) is 36.6 Å². The quantitative estimate of drug-likeness (QED) is 0.425. The van der Waals surface area contributed by atoms with Crippen LogP contribution in [0.1, 0.15) is 36.7 Å². The van der Waals surface area contributed by atoms with Gasteiger partial charge in [-0.25, -0.2) is 4.79 Å². The van der Waals surface area contributed by atoms with Crippen LogP contribution in [0.2, 0.25) is 10.0 Å². The molecule has 2 aromatic rings. The summed E-state index contributed by atoms with van der Waals surface area (Å²) in [5.41, 5.74) is 4.68. The van der Waals surface area contributed by atoms with E-state index in [1.54, 1.807) is 24.0 Å². The Balaban J connectivity index is 1.77. The number of benzene rings is 1. The first kappa shape index (κ1) is 23.6. The Morgan fingerprint density at radius 2 is 1.88 bits per heavy atom. The highest BCUT2D eigenvalue weighted by Crippen LogP contribution is 2.34. The minimum atomic E-state index is -0.530. The zero-order valence-corrected chi connectivity index (χ0v) is 20.6. The number of allylic oxidation sites excluding steroid dienone is 1. The molecular weight excluding hydrogens is 463 g/mol. The molecule has 2 aliphatic heterocycles. The molecule has 0 unspecified atom stereocenters. The molecule has 0 bridgehead atoms. The van der Waals surface area contributed by atoms with Crippen molar-refractivity contribution in [3.05, 3.63) is 68.1 Å². The number of rotatable bonds is 5. The number of hydrogen-bond acceptors (Lipinski definition) is 4. The second-order valence-corrected chi connectivity index (χ2v) is 9.22. The van der Waals surface area contributed by atoms with Crippen LogP contribution in [0.25, 0.3) is 11.8 Å². The molecule has 4 rings (SSSR count). The van der Waals surface area contributed by atoms with Gasteiger partial charge in [-0.1, -0.05) is 23.2 Å². The predicted octanol–water partition coefficient (Wildman–Crippen LogP) is 5.25. The Bertz CT molecular complexity index is 1170. The maximum absolute atomic E-state index is 13.4. The fourth-order valence-corrected chi connectivity index (χ4v) is 5.11. The predicted molar refractivity (Wildman–Crippen MR) is 129 cm³/mol. The number of aromatic nitrogens is 1. The summed E-state index contributed by atoms with van der Waals surface area (Å²) in [5.74, 6) is -0.753. The minimum absolute atomic E-state index is 0.0280. The van der Waals surface area contributed by atoms with Gasteiger partial charge in [-0.15, -0.1) is 0 Å². The van der Waals surface area contributed by atoms with Crippen molar-refractivity contribution >= 4 is 41.2 Å². The molecule has 8 heteroatoms. The Labute approximate surface area is 203 Å². The lowest BCUT2D eigenvalue weighted by molar-refractivity contribution is -0.136. The minimum Gasteiger partial charge on any atom is -0.465 e. The molecule has 1 fully saturated rings. The molecule has 174 valence electrons. The first-order valence-electron chi connectivity index (χ1n) is 10.8. The van der Waals surface area contributed by atoms with Crippen molar-refractivity contribution in [1.29, 1.82) is 0 Å². The largest absolute Gasteiger partial charge is 0.465 e. The summed E-state index contributed by atoms with van der Waals surface area (Å²) < 4.78 is 12.7. The van der Waals surface area contributed by atoms with Gasteiger partial charge in [-0.2, -0.15) is 0 Å². The first-order chi connectivity index (χ1) is 15.7. The van der Waals surface area contributed by atoms with Gasteiger partial charge in [0.1, 0.15) is 0 Å². The highest BCUT2D eigenvalue weighted by Gasteiger charge is 2.38. The van der Waals surface area contributed by atoms with E-state index in [4.69, 9.17) is 32.7 Å². The van der Waals surface area contributed by atoms with Gasteiger partial charge in [0, 0.05) is 39.4 Å². The monoisotopic (exact) mass is 488 g/mol. The topological polar surface area (TPSA) is 60.8 Å². The molecule has 0 saturated carbocycles. The van der Waals surface area contributed by atoms with Crippen LogP contribution in [-0.2, 0) is 19.1 Å². The van der Waals surface area contributed by atoms with Crippen LogP contribution in [0, 0.1) is 13.8 Å². The van der Waals surface area contributed by atoms with Crippen LogP contribution in [-0.4, -0.2) is 47.7 Å². The van der Waals surface area contributed by atoms with Gasteiger partial charge in [0.25, 0.3) is 5.91 Å². The molecule has 1 amide bonds. The number of hydrogen-bond donors (Lipinski definition) is 0. The third-order valence-electron chi connectivity index (χ3n) is 6.19. The summed E-state index contributed by atoms with van der Waals surface area (Å²) in [7, 11) is 1.32. The van der Waals surface area contributed by atoms with Crippen LogP contribution >= 0.6 is 23.2 Å².